The van der Waals surface area contributed by atoms with E-state index in [1.165, 1.54) is 0 Å². The van der Waals surface area contributed by atoms with Crippen molar-refractivity contribution in [3.8, 4) is 0 Å². The van der Waals surface area contributed by atoms with Gasteiger partial charge in [-0.1, -0.05) is 95.3 Å². The summed E-state index contributed by atoms with van der Waals surface area (Å²) in [5, 5.41) is 0. The molecule has 1 saturated heterocycles. The van der Waals surface area contributed by atoms with E-state index in [1.54, 1.807) is 6.08 Å². The number of benzene rings is 2. The molecule has 0 radical (unpaired) electrons. The minimum atomic E-state index is -0.831. The lowest BCUT2D eigenvalue weighted by Gasteiger charge is -2.45. The Morgan fingerprint density at radius 3 is 2.58 bits per heavy atom. The molecule has 1 fully saturated rings. The van der Waals surface area contributed by atoms with E-state index < -0.39 is 4.32 Å². The van der Waals surface area contributed by atoms with Gasteiger partial charge in [0.25, 0.3) is 0 Å². The Kier molecular flexibility index (Phi) is 4.41. The average molecular weight is 407 g/mol. The highest BCUT2D eigenvalue weighted by molar-refractivity contribution is 9.10. The van der Waals surface area contributed by atoms with Gasteiger partial charge in [-0.2, -0.15) is 0 Å². The van der Waals surface area contributed by atoms with Crippen LogP contribution in [0, 0.1) is 0 Å². The average Bonchev–Trinajstić information content (AvgIpc) is 2.68. The van der Waals surface area contributed by atoms with E-state index in [4.69, 9.17) is 4.74 Å². The molecule has 2 heterocycles. The van der Waals surface area contributed by atoms with Crippen molar-refractivity contribution in [3.05, 3.63) is 95.6 Å². The van der Waals surface area contributed by atoms with Crippen LogP contribution >= 0.6 is 15.9 Å². The van der Waals surface area contributed by atoms with Gasteiger partial charge < -0.3 is 4.74 Å². The lowest BCUT2D eigenvalue weighted by Crippen LogP contribution is -2.51. The molecular formula is C23H19BrO2. The summed E-state index contributed by atoms with van der Waals surface area (Å²) in [5.41, 5.74) is 4.40. The van der Waals surface area contributed by atoms with Crippen molar-refractivity contribution >= 4 is 34.1 Å². The highest BCUT2D eigenvalue weighted by atomic mass is 79.9. The first-order valence-corrected chi connectivity index (χ1v) is 9.48. The second-order valence-electron chi connectivity index (χ2n) is 6.67. The van der Waals surface area contributed by atoms with Crippen molar-refractivity contribution in [2.24, 2.45) is 0 Å². The molecule has 2 aliphatic heterocycles. The number of ether oxygens (including phenoxy) is 1. The van der Waals surface area contributed by atoms with Gasteiger partial charge in [0, 0.05) is 5.92 Å². The Hall–Kier alpha value is -2.39. The Balaban J connectivity index is 1.74. The third kappa shape index (κ3) is 2.86. The fraction of sp³-hybridized carbons (Fsp3) is 0.174. The zero-order chi connectivity index (χ0) is 18.1. The van der Waals surface area contributed by atoms with Gasteiger partial charge in [-0.25, -0.2) is 0 Å². The Morgan fingerprint density at radius 2 is 1.81 bits per heavy atom. The highest BCUT2D eigenvalue weighted by Gasteiger charge is 2.54. The summed E-state index contributed by atoms with van der Waals surface area (Å²) in [7, 11) is 0. The molecule has 2 aromatic carbocycles. The maximum absolute atomic E-state index is 12.5. The summed E-state index contributed by atoms with van der Waals surface area (Å²) < 4.78 is 4.74. The zero-order valence-corrected chi connectivity index (χ0v) is 15.9. The first kappa shape index (κ1) is 17.0. The van der Waals surface area contributed by atoms with Crippen molar-refractivity contribution in [1.82, 2.24) is 0 Å². The van der Waals surface area contributed by atoms with Crippen LogP contribution in [-0.2, 0) is 9.53 Å². The number of alkyl halides is 1. The van der Waals surface area contributed by atoms with Crippen LogP contribution in [-0.4, -0.2) is 16.4 Å². The smallest absolute Gasteiger partial charge is 0.328 e. The van der Waals surface area contributed by atoms with Gasteiger partial charge in [0.1, 0.15) is 10.4 Å². The van der Waals surface area contributed by atoms with Crippen molar-refractivity contribution in [2.45, 2.75) is 22.8 Å². The minimum absolute atomic E-state index is 0.0223. The van der Waals surface area contributed by atoms with Crippen molar-refractivity contribution in [2.75, 3.05) is 0 Å². The molecule has 0 N–H and O–H groups in total. The molecule has 130 valence electrons. The maximum Gasteiger partial charge on any atom is 0.328 e. The molecule has 5 rings (SSSR count). The van der Waals surface area contributed by atoms with Crippen LogP contribution in [0.15, 0.2) is 78.9 Å². The molecule has 3 atom stereocenters. The molecule has 2 nitrogen and oxygen atoms in total. The van der Waals surface area contributed by atoms with E-state index >= 15 is 0 Å². The molecule has 0 amide bonds. The number of rotatable bonds is 4. The van der Waals surface area contributed by atoms with E-state index in [0.717, 1.165) is 28.7 Å². The molecule has 0 aromatic heterocycles. The molecule has 0 spiro atoms. The van der Waals surface area contributed by atoms with Gasteiger partial charge in [0.05, 0.1) is 0 Å². The van der Waals surface area contributed by atoms with Gasteiger partial charge in [0.2, 0.25) is 0 Å². The van der Waals surface area contributed by atoms with Crippen LogP contribution in [0.25, 0.3) is 12.2 Å². The molecular weight excluding hydrogens is 388 g/mol. The second kappa shape index (κ2) is 6.73. The summed E-state index contributed by atoms with van der Waals surface area (Å²) in [5.74, 6) is -0.194. The summed E-state index contributed by atoms with van der Waals surface area (Å²) in [4.78, 5) is 12.5. The van der Waals surface area contributed by atoms with Crippen molar-refractivity contribution in [1.29, 1.82) is 0 Å². The lowest BCUT2D eigenvalue weighted by molar-refractivity contribution is -0.156. The van der Waals surface area contributed by atoms with E-state index in [-0.39, 0.29) is 18.0 Å². The number of hydrogen-bond donors (Lipinski definition) is 0. The van der Waals surface area contributed by atoms with Gasteiger partial charge >= 0.3 is 5.97 Å². The molecule has 0 unspecified atom stereocenters. The van der Waals surface area contributed by atoms with E-state index in [0.29, 0.717) is 0 Å². The largest absolute Gasteiger partial charge is 0.456 e. The maximum atomic E-state index is 12.5. The fourth-order valence-electron chi connectivity index (χ4n) is 3.77. The van der Waals surface area contributed by atoms with Crippen LogP contribution < -0.4 is 0 Å². The number of fused-ring (bicyclic) bond motifs is 2. The number of halogens is 1. The van der Waals surface area contributed by atoms with Gasteiger partial charge in [-0.05, 0) is 34.8 Å². The third-order valence-electron chi connectivity index (χ3n) is 5.13. The normalized spacial score (nSPS) is 27.3. The van der Waals surface area contributed by atoms with Crippen LogP contribution in [0.2, 0.25) is 0 Å². The number of hydrogen-bond acceptors (Lipinski definition) is 2. The quantitative estimate of drug-likeness (QED) is 0.379. The van der Waals surface area contributed by atoms with E-state index in [1.807, 2.05) is 36.4 Å². The first-order valence-electron chi connectivity index (χ1n) is 8.69. The molecule has 2 bridgehead atoms. The van der Waals surface area contributed by atoms with Crippen molar-refractivity contribution in [3.63, 3.8) is 0 Å². The minimum Gasteiger partial charge on any atom is -0.456 e. The molecule has 3 aliphatic rings. The van der Waals surface area contributed by atoms with Gasteiger partial charge in [0.15, 0.2) is 0 Å². The summed E-state index contributed by atoms with van der Waals surface area (Å²) in [6.45, 7) is 3.85. The molecule has 2 aromatic rings. The number of esters is 1. The Bertz CT molecular complexity index is 913. The van der Waals surface area contributed by atoms with E-state index in [9.17, 15) is 4.79 Å². The monoisotopic (exact) mass is 406 g/mol. The molecule has 1 aliphatic carbocycles. The standard InChI is InChI=1S/C23H19BrO2/c1-2-17-15-23(24)20(14-21(17)26-22(23)25)19-11-7-6-10-18(19)13-12-16-8-4-3-5-9-16/h2-13,15,20-21H,1,14H2/b13-12+/t20-,21+,23-/m1/s1. The third-order valence-corrected chi connectivity index (χ3v) is 6.23. The summed E-state index contributed by atoms with van der Waals surface area (Å²) in [6.07, 6.45) is 8.52. The lowest BCUT2D eigenvalue weighted by atomic mass is 9.72. The number of carbonyl (C=O) groups excluding carboxylic acids is 1. The summed E-state index contributed by atoms with van der Waals surface area (Å²) >= 11 is 3.69. The Morgan fingerprint density at radius 1 is 1.08 bits per heavy atom. The predicted octanol–water partition coefficient (Wildman–Crippen LogP) is 5.52. The Labute approximate surface area is 162 Å². The highest BCUT2D eigenvalue weighted by Crippen LogP contribution is 2.51. The van der Waals surface area contributed by atoms with Crippen LogP contribution in [0.3, 0.4) is 0 Å². The molecule has 26 heavy (non-hydrogen) atoms. The topological polar surface area (TPSA) is 26.3 Å². The van der Waals surface area contributed by atoms with Crippen LogP contribution in [0.4, 0.5) is 0 Å². The molecule has 3 heteroatoms. The van der Waals surface area contributed by atoms with E-state index in [2.05, 4.69) is 58.9 Å². The summed E-state index contributed by atoms with van der Waals surface area (Å²) in [6, 6.07) is 18.5. The molecule has 0 saturated carbocycles. The zero-order valence-electron chi connectivity index (χ0n) is 14.3. The van der Waals surface area contributed by atoms with Crippen LogP contribution in [0.5, 0.6) is 0 Å². The number of carbonyl (C=O) groups is 1. The van der Waals surface area contributed by atoms with Crippen molar-refractivity contribution < 1.29 is 9.53 Å². The van der Waals surface area contributed by atoms with Gasteiger partial charge in [-0.3, -0.25) is 4.79 Å². The van der Waals surface area contributed by atoms with Crippen LogP contribution in [0.1, 0.15) is 29.0 Å². The second-order valence-corrected chi connectivity index (χ2v) is 7.98. The fourth-order valence-corrected chi connectivity index (χ4v) is 4.56. The first-order chi connectivity index (χ1) is 12.6. The predicted molar refractivity (Wildman–Crippen MR) is 109 cm³/mol. The SMILES string of the molecule is C=CC1=C[C@]2(Br)C(=O)O[C@H]1C[C@@H]2c1ccccc1/C=C/c1ccccc1. The van der Waals surface area contributed by atoms with Gasteiger partial charge in [-0.15, -0.1) is 0 Å².